The second-order valence-electron chi connectivity index (χ2n) is 3.67. The van der Waals surface area contributed by atoms with Gasteiger partial charge in [0, 0.05) is 12.8 Å². The molecule has 0 spiro atoms. The molecule has 3 saturated heterocycles. The van der Waals surface area contributed by atoms with Crippen LogP contribution in [-0.2, 0) is 4.79 Å². The number of halogens is 4. The summed E-state index contributed by atoms with van der Waals surface area (Å²) in [6.07, 6.45) is 3.46. The van der Waals surface area contributed by atoms with E-state index in [0.717, 1.165) is 25.4 Å². The van der Waals surface area contributed by atoms with E-state index in [1.54, 1.807) is 0 Å². The largest absolute Gasteiger partial charge is 0.673 e. The molecule has 0 unspecified atom stereocenters. The summed E-state index contributed by atoms with van der Waals surface area (Å²) in [5.74, 6) is 1.23. The van der Waals surface area contributed by atoms with Gasteiger partial charge < -0.3 is 17.3 Å². The molecule has 0 atom stereocenters. The number of quaternary nitrogens is 1. The highest BCUT2D eigenvalue weighted by Crippen LogP contribution is 2.17. The molecular formula is C7H12BF4NO. The fraction of sp³-hybridized carbons (Fsp3) is 0.857. The Morgan fingerprint density at radius 1 is 1.14 bits per heavy atom. The minimum atomic E-state index is -6.00. The second kappa shape index (κ2) is 4.29. The zero-order valence-corrected chi connectivity index (χ0v) is 7.61. The molecule has 2 bridgehead atoms. The van der Waals surface area contributed by atoms with Gasteiger partial charge in [0.25, 0.3) is 0 Å². The molecule has 0 aromatic carbocycles. The molecule has 3 heterocycles. The SMILES string of the molecule is F[B-](F)(F)F.O=C1CC2CC[NH+]1CC2. The summed E-state index contributed by atoms with van der Waals surface area (Å²) in [7, 11) is -6.00. The minimum absolute atomic E-state index is 0.470. The molecule has 14 heavy (non-hydrogen) atoms. The highest BCUT2D eigenvalue weighted by molar-refractivity contribution is 6.50. The molecule has 0 radical (unpaired) electrons. The molecule has 0 aliphatic carbocycles. The van der Waals surface area contributed by atoms with Crippen LogP contribution >= 0.6 is 0 Å². The van der Waals surface area contributed by atoms with Gasteiger partial charge >= 0.3 is 13.2 Å². The van der Waals surface area contributed by atoms with Gasteiger partial charge in [-0.15, -0.1) is 0 Å². The summed E-state index contributed by atoms with van der Waals surface area (Å²) in [5.41, 5.74) is 0. The average molecular weight is 213 g/mol. The first kappa shape index (κ1) is 11.5. The number of hydrogen-bond acceptors (Lipinski definition) is 1. The Morgan fingerprint density at radius 2 is 1.57 bits per heavy atom. The van der Waals surface area contributed by atoms with E-state index < -0.39 is 7.25 Å². The van der Waals surface area contributed by atoms with Gasteiger partial charge in [-0.05, 0) is 5.92 Å². The van der Waals surface area contributed by atoms with Gasteiger partial charge in [-0.2, -0.15) is 0 Å². The number of carbonyl (C=O) groups excluding carboxylic acids is 1. The lowest BCUT2D eigenvalue weighted by Gasteiger charge is -2.33. The summed E-state index contributed by atoms with van der Waals surface area (Å²) in [5, 5.41) is 0. The molecule has 3 rings (SSSR count). The van der Waals surface area contributed by atoms with Crippen LogP contribution in [0.1, 0.15) is 19.3 Å². The van der Waals surface area contributed by atoms with E-state index in [9.17, 15) is 22.1 Å². The van der Waals surface area contributed by atoms with E-state index in [4.69, 9.17) is 0 Å². The quantitative estimate of drug-likeness (QED) is 0.459. The maximum Gasteiger partial charge on any atom is 0.673 e. The number of carbonyl (C=O) groups is 1. The Hall–Kier alpha value is -0.585. The molecule has 0 aromatic rings. The monoisotopic (exact) mass is 213 g/mol. The lowest BCUT2D eigenvalue weighted by atomic mass is 9.88. The van der Waals surface area contributed by atoms with Gasteiger partial charge in [-0.1, -0.05) is 0 Å². The third kappa shape index (κ3) is 4.08. The van der Waals surface area contributed by atoms with Crippen molar-refractivity contribution in [2.24, 2.45) is 5.92 Å². The van der Waals surface area contributed by atoms with Gasteiger partial charge in [-0.3, -0.25) is 4.90 Å². The first-order valence-corrected chi connectivity index (χ1v) is 4.61. The fourth-order valence-corrected chi connectivity index (χ4v) is 1.92. The summed E-state index contributed by atoms with van der Waals surface area (Å²) in [6.45, 7) is 2.23. The van der Waals surface area contributed by atoms with E-state index in [0.29, 0.717) is 5.91 Å². The molecule has 0 saturated carbocycles. The van der Waals surface area contributed by atoms with Crippen molar-refractivity contribution in [1.82, 2.24) is 0 Å². The van der Waals surface area contributed by atoms with Crippen LogP contribution in [0.2, 0.25) is 0 Å². The number of hydrogen-bond donors (Lipinski definition) is 1. The Bertz CT molecular complexity index is 206. The van der Waals surface area contributed by atoms with Crippen molar-refractivity contribution < 1.29 is 27.0 Å². The molecule has 7 heteroatoms. The van der Waals surface area contributed by atoms with Crippen molar-refractivity contribution >= 4 is 13.2 Å². The fourth-order valence-electron chi connectivity index (χ4n) is 1.92. The Labute approximate surface area is 79.4 Å². The minimum Gasteiger partial charge on any atom is -0.418 e. The van der Waals surface area contributed by atoms with Gasteiger partial charge in [0.1, 0.15) is 0 Å². The van der Waals surface area contributed by atoms with E-state index in [1.165, 1.54) is 17.7 Å². The number of rotatable bonds is 0. The lowest BCUT2D eigenvalue weighted by molar-refractivity contribution is -0.835. The van der Waals surface area contributed by atoms with Crippen molar-refractivity contribution in [3.8, 4) is 0 Å². The van der Waals surface area contributed by atoms with Crippen molar-refractivity contribution in [2.75, 3.05) is 13.1 Å². The first-order valence-electron chi connectivity index (χ1n) is 4.61. The molecule has 2 nitrogen and oxygen atoms in total. The zero-order valence-electron chi connectivity index (χ0n) is 7.61. The third-order valence-corrected chi connectivity index (χ3v) is 2.58. The maximum absolute atomic E-state index is 11.0. The molecular weight excluding hydrogens is 201 g/mol. The van der Waals surface area contributed by atoms with Crippen LogP contribution in [-0.4, -0.2) is 26.3 Å². The third-order valence-electron chi connectivity index (χ3n) is 2.58. The standard InChI is InChI=1S/C7H11NO.BF4/c9-7-5-6-1-3-8(7)4-2-6;2-1(3,4)5/h6H,1-5H2;/q;-1/p+1. The predicted molar refractivity (Wildman–Crippen MR) is 43.2 cm³/mol. The van der Waals surface area contributed by atoms with Crippen LogP contribution in [0.25, 0.3) is 0 Å². The normalized spacial score (nSPS) is 31.0. The van der Waals surface area contributed by atoms with Crippen LogP contribution in [0.4, 0.5) is 17.3 Å². The lowest BCUT2D eigenvalue weighted by Crippen LogP contribution is -3.17. The molecule has 1 N–H and O–H groups in total. The van der Waals surface area contributed by atoms with E-state index in [2.05, 4.69) is 0 Å². The van der Waals surface area contributed by atoms with Gasteiger partial charge in [0.2, 0.25) is 0 Å². The maximum atomic E-state index is 11.0. The van der Waals surface area contributed by atoms with Crippen molar-refractivity contribution in [1.29, 1.82) is 0 Å². The topological polar surface area (TPSA) is 21.5 Å². The number of nitrogens with one attached hydrogen (secondary N) is 1. The molecule has 82 valence electrons. The molecule has 3 aliphatic rings. The molecule has 3 fully saturated rings. The van der Waals surface area contributed by atoms with Crippen molar-refractivity contribution in [2.45, 2.75) is 19.3 Å². The average Bonchev–Trinajstić information content (AvgIpc) is 2.02. The van der Waals surface area contributed by atoms with Crippen LogP contribution < -0.4 is 4.90 Å². The van der Waals surface area contributed by atoms with E-state index in [-0.39, 0.29) is 0 Å². The van der Waals surface area contributed by atoms with E-state index >= 15 is 0 Å². The van der Waals surface area contributed by atoms with Gasteiger partial charge in [-0.25, -0.2) is 4.79 Å². The van der Waals surface area contributed by atoms with Gasteiger partial charge in [0.15, 0.2) is 0 Å². The van der Waals surface area contributed by atoms with Crippen molar-refractivity contribution in [3.63, 3.8) is 0 Å². The van der Waals surface area contributed by atoms with E-state index in [1.807, 2.05) is 0 Å². The Balaban J connectivity index is 0.000000171. The summed E-state index contributed by atoms with van der Waals surface area (Å²) >= 11 is 0. The molecule has 1 amide bonds. The molecule has 3 aliphatic heterocycles. The molecule has 0 aromatic heterocycles. The second-order valence-corrected chi connectivity index (χ2v) is 3.67. The highest BCUT2D eigenvalue weighted by Gasteiger charge is 2.35. The predicted octanol–water partition coefficient (Wildman–Crippen LogP) is 0.512. The number of fused-ring (bicyclic) bond motifs is 3. The number of piperidine rings is 3. The summed E-state index contributed by atoms with van der Waals surface area (Å²) in [6, 6.07) is 0. The van der Waals surface area contributed by atoms with Crippen LogP contribution in [0, 0.1) is 5.92 Å². The van der Waals surface area contributed by atoms with Crippen LogP contribution in [0.15, 0.2) is 0 Å². The Kier molecular flexibility index (Phi) is 3.52. The summed E-state index contributed by atoms with van der Waals surface area (Å²) < 4.78 is 39.0. The Morgan fingerprint density at radius 3 is 1.71 bits per heavy atom. The van der Waals surface area contributed by atoms with Crippen molar-refractivity contribution in [3.05, 3.63) is 0 Å². The van der Waals surface area contributed by atoms with Gasteiger partial charge in [0.05, 0.1) is 19.5 Å². The smallest absolute Gasteiger partial charge is 0.418 e. The zero-order chi connectivity index (χ0) is 10.8. The number of amides is 1. The summed E-state index contributed by atoms with van der Waals surface area (Å²) in [4.78, 5) is 12.3. The highest BCUT2D eigenvalue weighted by atomic mass is 19.5. The van der Waals surface area contributed by atoms with Crippen LogP contribution in [0.3, 0.4) is 0 Å². The first-order chi connectivity index (χ1) is 6.36. The van der Waals surface area contributed by atoms with Crippen LogP contribution in [0.5, 0.6) is 0 Å².